The van der Waals surface area contributed by atoms with Gasteiger partial charge in [0, 0.05) is 6.92 Å². The molecule has 0 unspecified atom stereocenters. The maximum atomic E-state index is 3.03. The molecule has 1 radical (unpaired) electrons. The van der Waals surface area contributed by atoms with Crippen molar-refractivity contribution in [3.8, 4) is 0 Å². The molecule has 0 spiro atoms. The van der Waals surface area contributed by atoms with Gasteiger partial charge < -0.3 is 0 Å². The van der Waals surface area contributed by atoms with E-state index < -0.39 is 0 Å². The first-order valence-electron chi connectivity index (χ1n) is 2.30. The zero-order chi connectivity index (χ0) is 5.28. The van der Waals surface area contributed by atoms with Crippen LogP contribution in [0.5, 0.6) is 0 Å². The van der Waals surface area contributed by atoms with Crippen LogP contribution in [0.25, 0.3) is 0 Å². The molecule has 0 aliphatic heterocycles. The summed E-state index contributed by atoms with van der Waals surface area (Å²) in [6.45, 7) is 2.03. The van der Waals surface area contributed by atoms with Gasteiger partial charge in [-0.15, -0.1) is 0 Å². The van der Waals surface area contributed by atoms with Crippen LogP contribution in [0.3, 0.4) is 0 Å². The molecule has 2 nitrogen and oxygen atoms in total. The van der Waals surface area contributed by atoms with Crippen molar-refractivity contribution in [2.24, 2.45) is 7.05 Å². The van der Waals surface area contributed by atoms with Crippen LogP contribution in [-0.4, -0.2) is 4.98 Å². The molecular weight excluding hydrogens is 152 g/mol. The maximum absolute atomic E-state index is 3.03. The van der Waals surface area contributed by atoms with E-state index in [1.54, 1.807) is 0 Å². The Morgan fingerprint density at radius 1 is 1.62 bits per heavy atom. The van der Waals surface area contributed by atoms with Crippen LogP contribution in [0.2, 0.25) is 0 Å². The van der Waals surface area contributed by atoms with Crippen molar-refractivity contribution in [3.63, 3.8) is 0 Å². The van der Waals surface area contributed by atoms with Crippen LogP contribution < -0.4 is 4.57 Å². The summed E-state index contributed by atoms with van der Waals surface area (Å²) in [5.41, 5.74) is 0. The van der Waals surface area contributed by atoms with Crippen molar-refractivity contribution in [2.75, 3.05) is 0 Å². The van der Waals surface area contributed by atoms with E-state index in [1.165, 1.54) is 5.82 Å². The Hall–Kier alpha value is -0.271. The molecule has 1 rings (SSSR count). The Labute approximate surface area is 59.4 Å². The van der Waals surface area contributed by atoms with Gasteiger partial charge in [-0.1, -0.05) is 0 Å². The van der Waals surface area contributed by atoms with E-state index in [0.717, 1.165) is 0 Å². The number of hydrogen-bond donors (Lipinski definition) is 1. The van der Waals surface area contributed by atoms with Gasteiger partial charge in [0.2, 0.25) is 0 Å². The molecule has 8 heavy (non-hydrogen) atoms. The van der Waals surface area contributed by atoms with E-state index >= 15 is 0 Å². The maximum Gasteiger partial charge on any atom is 2.00 e. The first-order chi connectivity index (χ1) is 3.30. The van der Waals surface area contributed by atoms with Crippen LogP contribution >= 0.6 is 0 Å². The normalized spacial score (nSPS) is 8.25. The largest absolute Gasteiger partial charge is 2.00 e. The summed E-state index contributed by atoms with van der Waals surface area (Å²) in [4.78, 5) is 3.03. The predicted molar refractivity (Wildman–Crippen MR) is 26.7 cm³/mol. The van der Waals surface area contributed by atoms with Gasteiger partial charge in [-0.3, -0.25) is 0 Å². The number of hydrogen-bond acceptors (Lipinski definition) is 0. The Bertz CT molecular complexity index is 143. The number of nitrogens with one attached hydrogen (secondary N) is 1. The molecule has 1 aromatic rings. The van der Waals surface area contributed by atoms with Crippen molar-refractivity contribution in [2.45, 2.75) is 6.92 Å². The van der Waals surface area contributed by atoms with Crippen LogP contribution in [0.4, 0.5) is 0 Å². The first-order valence-corrected chi connectivity index (χ1v) is 2.30. The molecule has 0 bridgehead atoms. The van der Waals surface area contributed by atoms with Gasteiger partial charge in [0.05, 0.1) is 7.05 Å². The minimum atomic E-state index is 0. The molecule has 1 N–H and O–H groups in total. The zero-order valence-corrected chi connectivity index (χ0v) is 5.85. The predicted octanol–water partition coefficient (Wildman–Crippen LogP) is 0.145. The van der Waals surface area contributed by atoms with Gasteiger partial charge in [0.1, 0.15) is 12.4 Å². The zero-order valence-electron chi connectivity index (χ0n) is 4.90. The minimum absolute atomic E-state index is 0. The third-order valence-corrected chi connectivity index (χ3v) is 1.12. The van der Waals surface area contributed by atoms with Crippen molar-refractivity contribution in [1.29, 1.82) is 0 Å². The molecule has 0 aromatic carbocycles. The SMILES string of the molecule is Cc1[nH]cc[n+]1C.[Cu+2]. The fourth-order valence-corrected chi connectivity index (χ4v) is 0.483. The Morgan fingerprint density at radius 2 is 2.25 bits per heavy atom. The van der Waals surface area contributed by atoms with Gasteiger partial charge in [0.15, 0.2) is 0 Å². The van der Waals surface area contributed by atoms with Gasteiger partial charge in [-0.2, -0.15) is 0 Å². The Morgan fingerprint density at radius 3 is 2.38 bits per heavy atom. The van der Waals surface area contributed by atoms with E-state index in [2.05, 4.69) is 4.98 Å². The fourth-order valence-electron chi connectivity index (χ4n) is 0.483. The first kappa shape index (κ1) is 7.73. The van der Waals surface area contributed by atoms with Crippen molar-refractivity contribution in [3.05, 3.63) is 18.2 Å². The third kappa shape index (κ3) is 1.35. The quantitative estimate of drug-likeness (QED) is 0.412. The number of H-pyrrole nitrogens is 1. The molecule has 1 aromatic heterocycles. The van der Waals surface area contributed by atoms with Gasteiger partial charge in [-0.05, 0) is 0 Å². The molecule has 47 valence electrons. The van der Waals surface area contributed by atoms with Crippen LogP contribution in [0.15, 0.2) is 12.4 Å². The fraction of sp³-hybridized carbons (Fsp3) is 0.400. The molecule has 0 fully saturated rings. The summed E-state index contributed by atoms with van der Waals surface area (Å²) < 4.78 is 2.03. The third-order valence-electron chi connectivity index (χ3n) is 1.12. The second-order valence-electron chi connectivity index (χ2n) is 1.66. The van der Waals surface area contributed by atoms with E-state index in [4.69, 9.17) is 0 Å². The molecule has 0 saturated carbocycles. The second kappa shape index (κ2) is 2.90. The summed E-state index contributed by atoms with van der Waals surface area (Å²) in [6.07, 6.45) is 3.89. The molecule has 3 heteroatoms. The van der Waals surface area contributed by atoms with Gasteiger partial charge >= 0.3 is 17.1 Å². The molecule has 1 heterocycles. The summed E-state index contributed by atoms with van der Waals surface area (Å²) in [7, 11) is 2.01. The number of rotatable bonds is 0. The van der Waals surface area contributed by atoms with Crippen LogP contribution in [-0.2, 0) is 24.1 Å². The number of aryl methyl sites for hydroxylation is 2. The van der Waals surface area contributed by atoms with E-state index in [1.807, 2.05) is 30.9 Å². The van der Waals surface area contributed by atoms with Crippen molar-refractivity contribution >= 4 is 0 Å². The van der Waals surface area contributed by atoms with Gasteiger partial charge in [0.25, 0.3) is 5.82 Å². The molecule has 0 aliphatic carbocycles. The number of nitrogens with zero attached hydrogens (tertiary/aromatic N) is 1. The van der Waals surface area contributed by atoms with Crippen LogP contribution in [0, 0.1) is 6.92 Å². The molecule has 0 aliphatic rings. The smallest absolute Gasteiger partial charge is 0.248 e. The average Bonchev–Trinajstić information content (AvgIpc) is 1.91. The summed E-state index contributed by atoms with van der Waals surface area (Å²) >= 11 is 0. The van der Waals surface area contributed by atoms with Gasteiger partial charge in [-0.25, -0.2) is 9.55 Å². The molecule has 0 atom stereocenters. The Balaban J connectivity index is 0.000000490. The number of imidazole rings is 1. The van der Waals surface area contributed by atoms with E-state index in [-0.39, 0.29) is 17.1 Å². The van der Waals surface area contributed by atoms with E-state index in [0.29, 0.717) is 0 Å². The number of aromatic nitrogens is 2. The van der Waals surface area contributed by atoms with Crippen molar-refractivity contribution in [1.82, 2.24) is 4.98 Å². The van der Waals surface area contributed by atoms with Crippen LogP contribution in [0.1, 0.15) is 5.82 Å². The monoisotopic (exact) mass is 160 g/mol. The Kier molecular flexibility index (Phi) is 2.80. The summed E-state index contributed by atoms with van der Waals surface area (Å²) in [5, 5.41) is 0. The average molecular weight is 161 g/mol. The standard InChI is InChI=1S/C5H8N2.Cu/c1-5-6-3-4-7(5)2;/h3-4H,1-2H3;/q;+2/p+1. The number of aromatic amines is 1. The summed E-state index contributed by atoms with van der Waals surface area (Å²) in [5.74, 6) is 1.18. The molecular formula is C5H9CuN2+3. The molecule has 0 amide bonds. The summed E-state index contributed by atoms with van der Waals surface area (Å²) in [6, 6.07) is 0. The van der Waals surface area contributed by atoms with E-state index in [9.17, 15) is 0 Å². The molecule has 0 saturated heterocycles. The topological polar surface area (TPSA) is 19.7 Å². The second-order valence-corrected chi connectivity index (χ2v) is 1.66. The van der Waals surface area contributed by atoms with Crippen molar-refractivity contribution < 1.29 is 21.6 Å². The minimum Gasteiger partial charge on any atom is -0.248 e.